The van der Waals surface area contributed by atoms with Crippen molar-refractivity contribution in [2.24, 2.45) is 4.99 Å². The molecule has 5 rings (SSSR count). The first-order valence-electron chi connectivity index (χ1n) is 13.2. The molecule has 1 aromatic heterocycles. The van der Waals surface area contributed by atoms with E-state index in [9.17, 15) is 14.0 Å². The number of aromatic nitrogens is 1. The van der Waals surface area contributed by atoms with Crippen molar-refractivity contribution >= 4 is 23.4 Å². The number of esters is 1. The molecule has 0 N–H and O–H groups in total. The molecule has 0 saturated carbocycles. The Balaban J connectivity index is 1.56. The number of carbonyl (C=O) groups excluding carboxylic acids is 1. The number of carbonyl (C=O) groups is 1. The lowest BCUT2D eigenvalue weighted by Gasteiger charge is -2.25. The van der Waals surface area contributed by atoms with Crippen molar-refractivity contribution < 1.29 is 28.1 Å². The molecule has 0 radical (unpaired) electrons. The lowest BCUT2D eigenvalue weighted by Crippen LogP contribution is -2.40. The third-order valence-electron chi connectivity index (χ3n) is 6.74. The van der Waals surface area contributed by atoms with Crippen LogP contribution in [0.4, 0.5) is 4.39 Å². The van der Waals surface area contributed by atoms with Gasteiger partial charge in [-0.25, -0.2) is 14.2 Å². The van der Waals surface area contributed by atoms with Gasteiger partial charge in [-0.3, -0.25) is 9.36 Å². The Morgan fingerprint density at radius 1 is 1.02 bits per heavy atom. The van der Waals surface area contributed by atoms with Crippen molar-refractivity contribution in [3.63, 3.8) is 0 Å². The highest BCUT2D eigenvalue weighted by molar-refractivity contribution is 7.07. The number of allylic oxidation sites excluding steroid dienone is 1. The van der Waals surface area contributed by atoms with Gasteiger partial charge >= 0.3 is 5.97 Å². The summed E-state index contributed by atoms with van der Waals surface area (Å²) in [7, 11) is 3.08. The summed E-state index contributed by atoms with van der Waals surface area (Å²) in [5.74, 6) is 0.671. The highest BCUT2D eigenvalue weighted by atomic mass is 32.1. The van der Waals surface area contributed by atoms with E-state index >= 15 is 0 Å². The van der Waals surface area contributed by atoms with E-state index in [0.717, 1.165) is 5.56 Å². The van der Waals surface area contributed by atoms with Gasteiger partial charge in [0, 0.05) is 5.56 Å². The lowest BCUT2D eigenvalue weighted by atomic mass is 9.95. The summed E-state index contributed by atoms with van der Waals surface area (Å²) in [4.78, 5) is 32.1. The largest absolute Gasteiger partial charge is 0.496 e. The van der Waals surface area contributed by atoms with Gasteiger partial charge in [0.25, 0.3) is 5.56 Å². The number of thiazole rings is 1. The Morgan fingerprint density at radius 2 is 1.76 bits per heavy atom. The number of halogens is 1. The molecule has 10 heteroatoms. The number of ether oxygens (including phenoxy) is 4. The molecule has 216 valence electrons. The summed E-state index contributed by atoms with van der Waals surface area (Å²) < 4.78 is 37.6. The topological polar surface area (TPSA) is 88.4 Å². The maximum atomic E-state index is 13.9. The predicted octanol–water partition coefficient (Wildman–Crippen LogP) is 4.53. The number of rotatable bonds is 9. The van der Waals surface area contributed by atoms with E-state index in [1.54, 1.807) is 57.4 Å². The summed E-state index contributed by atoms with van der Waals surface area (Å²) >= 11 is 1.22. The maximum absolute atomic E-state index is 13.9. The van der Waals surface area contributed by atoms with Crippen LogP contribution >= 0.6 is 11.3 Å². The van der Waals surface area contributed by atoms with E-state index in [2.05, 4.69) is 4.99 Å². The Labute approximate surface area is 245 Å². The minimum atomic E-state index is -0.782. The number of hydrogen-bond acceptors (Lipinski definition) is 8. The molecule has 42 heavy (non-hydrogen) atoms. The van der Waals surface area contributed by atoms with Crippen LogP contribution in [0.15, 0.2) is 87.8 Å². The van der Waals surface area contributed by atoms with Gasteiger partial charge in [-0.15, -0.1) is 0 Å². The Kier molecular flexibility index (Phi) is 8.53. The third kappa shape index (κ3) is 5.71. The quantitative estimate of drug-likeness (QED) is 0.267. The van der Waals surface area contributed by atoms with Gasteiger partial charge in [-0.2, -0.15) is 0 Å². The van der Waals surface area contributed by atoms with E-state index in [1.807, 2.05) is 24.3 Å². The van der Waals surface area contributed by atoms with Gasteiger partial charge in [0.15, 0.2) is 16.3 Å². The maximum Gasteiger partial charge on any atom is 0.338 e. The fraction of sp³-hybridized carbons (Fsp3) is 0.219. The number of fused-ring (bicyclic) bond motifs is 1. The van der Waals surface area contributed by atoms with Crippen LogP contribution in [0.3, 0.4) is 0 Å². The van der Waals surface area contributed by atoms with Crippen LogP contribution in [0.1, 0.15) is 36.6 Å². The molecule has 2 heterocycles. The molecular formula is C32H29FN2O6S. The SMILES string of the molecule is CCOC(=O)C1=C(C)N=c2sc(=Cc3ccc(OCc4ccc(F)cc4)c(OC)c3)c(=O)n2C1c1ccccc1OC. The molecule has 1 unspecified atom stereocenters. The van der Waals surface area contributed by atoms with Gasteiger partial charge in [0.2, 0.25) is 0 Å². The molecule has 0 saturated heterocycles. The number of methoxy groups -OCH3 is 2. The molecule has 1 aliphatic heterocycles. The number of hydrogen-bond donors (Lipinski definition) is 0. The van der Waals surface area contributed by atoms with Crippen LogP contribution in [-0.4, -0.2) is 31.4 Å². The van der Waals surface area contributed by atoms with E-state index in [1.165, 1.54) is 35.1 Å². The second kappa shape index (κ2) is 12.4. The summed E-state index contributed by atoms with van der Waals surface area (Å²) in [5, 5.41) is 0. The van der Waals surface area contributed by atoms with Crippen molar-refractivity contribution in [2.45, 2.75) is 26.5 Å². The Hall–Kier alpha value is -4.70. The molecule has 0 fully saturated rings. The van der Waals surface area contributed by atoms with E-state index in [4.69, 9.17) is 18.9 Å². The summed E-state index contributed by atoms with van der Waals surface area (Å²) in [6.07, 6.45) is 1.75. The average Bonchev–Trinajstić information content (AvgIpc) is 3.30. The van der Waals surface area contributed by atoms with Crippen molar-refractivity contribution in [1.82, 2.24) is 4.57 Å². The van der Waals surface area contributed by atoms with Gasteiger partial charge in [0.1, 0.15) is 24.2 Å². The molecule has 1 aliphatic rings. The molecule has 1 atom stereocenters. The molecule has 4 aromatic rings. The monoisotopic (exact) mass is 588 g/mol. The minimum Gasteiger partial charge on any atom is -0.496 e. The first-order chi connectivity index (χ1) is 20.3. The first-order valence-corrected chi connectivity index (χ1v) is 14.0. The van der Waals surface area contributed by atoms with Crippen LogP contribution in [0.25, 0.3) is 6.08 Å². The van der Waals surface area contributed by atoms with Crippen LogP contribution in [0, 0.1) is 5.82 Å². The lowest BCUT2D eigenvalue weighted by molar-refractivity contribution is -0.139. The first kappa shape index (κ1) is 28.8. The zero-order valence-electron chi connectivity index (χ0n) is 23.5. The second-order valence-electron chi connectivity index (χ2n) is 9.37. The Bertz CT molecular complexity index is 1840. The van der Waals surface area contributed by atoms with Crippen molar-refractivity contribution in [3.8, 4) is 17.2 Å². The molecule has 0 aliphatic carbocycles. The van der Waals surface area contributed by atoms with Gasteiger partial charge < -0.3 is 18.9 Å². The number of para-hydroxylation sites is 1. The standard InChI is InChI=1S/C32H29FN2O6S/c1-5-40-31(37)28-19(2)34-32-35(29(28)23-8-6-7-9-24(23)38-3)30(36)27(42-32)17-21-12-15-25(26(16-21)39-4)41-18-20-10-13-22(33)14-11-20/h6-17,29H,5,18H2,1-4H3. The highest BCUT2D eigenvalue weighted by Gasteiger charge is 2.34. The number of benzene rings is 3. The van der Waals surface area contributed by atoms with E-state index in [-0.39, 0.29) is 30.2 Å². The Morgan fingerprint density at radius 3 is 2.48 bits per heavy atom. The highest BCUT2D eigenvalue weighted by Crippen LogP contribution is 2.35. The fourth-order valence-corrected chi connectivity index (χ4v) is 5.81. The van der Waals surface area contributed by atoms with Gasteiger partial charge in [-0.1, -0.05) is 47.7 Å². The number of nitrogens with zero attached hydrogens (tertiary/aromatic N) is 2. The smallest absolute Gasteiger partial charge is 0.338 e. The summed E-state index contributed by atoms with van der Waals surface area (Å²) in [6.45, 7) is 3.89. The zero-order chi connectivity index (χ0) is 29.8. The summed E-state index contributed by atoms with van der Waals surface area (Å²) in [5.41, 5.74) is 2.62. The van der Waals surface area contributed by atoms with E-state index in [0.29, 0.717) is 43.4 Å². The molecule has 8 nitrogen and oxygen atoms in total. The van der Waals surface area contributed by atoms with Crippen molar-refractivity contribution in [3.05, 3.63) is 120 Å². The fourth-order valence-electron chi connectivity index (χ4n) is 4.76. The molecular weight excluding hydrogens is 559 g/mol. The predicted molar refractivity (Wildman–Crippen MR) is 157 cm³/mol. The normalized spacial score (nSPS) is 14.7. The van der Waals surface area contributed by atoms with Crippen molar-refractivity contribution in [2.75, 3.05) is 20.8 Å². The molecule has 0 bridgehead atoms. The second-order valence-corrected chi connectivity index (χ2v) is 10.4. The third-order valence-corrected chi connectivity index (χ3v) is 7.73. The molecule has 0 spiro atoms. The van der Waals surface area contributed by atoms with Crippen LogP contribution in [-0.2, 0) is 16.1 Å². The zero-order valence-corrected chi connectivity index (χ0v) is 24.4. The minimum absolute atomic E-state index is 0.185. The van der Waals surface area contributed by atoms with E-state index < -0.39 is 12.0 Å². The van der Waals surface area contributed by atoms with Gasteiger partial charge in [-0.05, 0) is 61.4 Å². The van der Waals surface area contributed by atoms with Gasteiger partial charge in [0.05, 0.1) is 36.6 Å². The van der Waals surface area contributed by atoms with Crippen molar-refractivity contribution in [1.29, 1.82) is 0 Å². The molecule has 0 amide bonds. The van der Waals surface area contributed by atoms with Crippen LogP contribution in [0.5, 0.6) is 17.2 Å². The van der Waals surface area contributed by atoms with Crippen LogP contribution < -0.4 is 29.1 Å². The average molecular weight is 589 g/mol. The summed E-state index contributed by atoms with van der Waals surface area (Å²) in [6, 6.07) is 17.9. The molecule has 3 aromatic carbocycles. The van der Waals surface area contributed by atoms with Crippen LogP contribution in [0.2, 0.25) is 0 Å².